The van der Waals surface area contributed by atoms with Crippen molar-refractivity contribution in [2.75, 3.05) is 12.3 Å². The molecule has 1 saturated heterocycles. The molecule has 1 aliphatic rings. The maximum atomic E-state index is 13.0. The molecule has 27 heavy (non-hydrogen) atoms. The summed E-state index contributed by atoms with van der Waals surface area (Å²) in [5, 5.41) is 31.2. The zero-order valence-electron chi connectivity index (χ0n) is 14.3. The Morgan fingerprint density at radius 1 is 1.30 bits per heavy atom. The van der Waals surface area contributed by atoms with E-state index in [0.717, 1.165) is 16.3 Å². The first kappa shape index (κ1) is 19.5. The molecule has 11 heteroatoms. The number of nitrogens with two attached hydrogens (primary N) is 1. The van der Waals surface area contributed by atoms with E-state index in [2.05, 4.69) is 4.98 Å². The third-order valence-corrected chi connectivity index (χ3v) is 6.77. The Morgan fingerprint density at radius 2 is 1.93 bits per heavy atom. The number of sulfone groups is 1. The van der Waals surface area contributed by atoms with Gasteiger partial charge in [0.05, 0.1) is 11.5 Å². The Hall–Kier alpha value is -2.31. The van der Waals surface area contributed by atoms with Crippen molar-refractivity contribution in [1.29, 1.82) is 0 Å². The molecule has 0 bridgehead atoms. The molecule has 4 atom stereocenters. The van der Waals surface area contributed by atoms with Crippen molar-refractivity contribution in [3.63, 3.8) is 0 Å². The number of benzene rings is 1. The van der Waals surface area contributed by atoms with Crippen molar-refractivity contribution in [2.45, 2.75) is 35.2 Å². The summed E-state index contributed by atoms with van der Waals surface area (Å²) in [6.07, 6.45) is -4.22. The highest BCUT2D eigenvalue weighted by molar-refractivity contribution is 7.92. The molecule has 0 saturated carbocycles. The predicted octanol–water partition coefficient (Wildman–Crippen LogP) is -1.45. The van der Waals surface area contributed by atoms with Gasteiger partial charge in [0.1, 0.15) is 18.0 Å². The van der Waals surface area contributed by atoms with Gasteiger partial charge in [-0.2, -0.15) is 4.98 Å². The molecule has 5 N–H and O–H groups in total. The van der Waals surface area contributed by atoms with E-state index in [-0.39, 0.29) is 10.7 Å². The summed E-state index contributed by atoms with van der Waals surface area (Å²) in [6, 6.07) is 6.84. The molecule has 0 amide bonds. The molecule has 2 aromatic rings. The Bertz CT molecular complexity index is 1010. The first-order chi connectivity index (χ1) is 12.6. The third kappa shape index (κ3) is 2.93. The molecular formula is C16H19N3O7S. The van der Waals surface area contributed by atoms with Crippen molar-refractivity contribution in [1.82, 2.24) is 9.55 Å². The van der Waals surface area contributed by atoms with Gasteiger partial charge in [-0.3, -0.25) is 4.57 Å². The summed E-state index contributed by atoms with van der Waals surface area (Å²) < 4.78 is 32.2. The molecule has 146 valence electrons. The highest BCUT2D eigenvalue weighted by Crippen LogP contribution is 2.42. The van der Waals surface area contributed by atoms with E-state index >= 15 is 0 Å². The number of anilines is 1. The summed E-state index contributed by atoms with van der Waals surface area (Å²) in [5.74, 6) is -0.0787. The standard InChI is InChI=1S/C16H19N3O7S/c1-9-2-4-10(5-3-9)27(24,25)16(23)11(8-20)26-14(13(16)21)19-7-6-12(17)18-15(19)22/h2-7,11,13-14,20-21,23H,8H2,1H3,(H2,17,18,22)/t11-,13+,14-,16+/m1/s1. The van der Waals surface area contributed by atoms with E-state index in [1.807, 2.05) is 0 Å². The first-order valence-electron chi connectivity index (χ1n) is 7.95. The maximum absolute atomic E-state index is 13.0. The molecule has 1 aromatic carbocycles. The molecular weight excluding hydrogens is 378 g/mol. The second-order valence-electron chi connectivity index (χ2n) is 6.25. The minimum atomic E-state index is -4.57. The number of aliphatic hydroxyl groups excluding tert-OH is 2. The number of aryl methyl sites for hydroxylation is 1. The first-order valence-corrected chi connectivity index (χ1v) is 9.44. The fourth-order valence-corrected chi connectivity index (χ4v) is 4.77. The van der Waals surface area contributed by atoms with Crippen LogP contribution in [0.25, 0.3) is 0 Å². The van der Waals surface area contributed by atoms with E-state index in [1.165, 1.54) is 30.3 Å². The minimum Gasteiger partial charge on any atom is -0.394 e. The normalized spacial score (nSPS) is 28.4. The Labute approximate surface area is 154 Å². The zero-order valence-corrected chi connectivity index (χ0v) is 15.1. The number of ether oxygens (including phenoxy) is 1. The number of hydrogen-bond donors (Lipinski definition) is 4. The van der Waals surface area contributed by atoms with Crippen molar-refractivity contribution in [3.05, 3.63) is 52.6 Å². The number of aliphatic hydroxyl groups is 3. The zero-order chi connectivity index (χ0) is 20.0. The van der Waals surface area contributed by atoms with Crippen LogP contribution in [0, 0.1) is 6.92 Å². The molecule has 1 aromatic heterocycles. The summed E-state index contributed by atoms with van der Waals surface area (Å²) >= 11 is 0. The molecule has 10 nitrogen and oxygen atoms in total. The Balaban J connectivity index is 2.10. The minimum absolute atomic E-state index is 0.0787. The van der Waals surface area contributed by atoms with Crippen LogP contribution in [0.5, 0.6) is 0 Å². The second kappa shape index (κ2) is 6.69. The molecule has 0 unspecified atom stereocenters. The smallest absolute Gasteiger partial charge is 0.351 e. The van der Waals surface area contributed by atoms with Crippen molar-refractivity contribution in [3.8, 4) is 0 Å². The fourth-order valence-electron chi connectivity index (χ4n) is 2.98. The topological polar surface area (TPSA) is 165 Å². The largest absolute Gasteiger partial charge is 0.394 e. The number of nitrogen functional groups attached to an aromatic ring is 1. The van der Waals surface area contributed by atoms with Gasteiger partial charge in [-0.25, -0.2) is 13.2 Å². The van der Waals surface area contributed by atoms with Gasteiger partial charge in [0.25, 0.3) is 0 Å². The average Bonchev–Trinajstić information content (AvgIpc) is 2.88. The number of rotatable bonds is 4. The van der Waals surface area contributed by atoms with Crippen LogP contribution in [0.1, 0.15) is 11.8 Å². The predicted molar refractivity (Wildman–Crippen MR) is 93.2 cm³/mol. The lowest BCUT2D eigenvalue weighted by molar-refractivity contribution is -0.0578. The SMILES string of the molecule is Cc1ccc(S(=O)(=O)[C@@]2(O)[C@@H](CO)O[C@@H](n3ccc(N)nc3=O)[C@@H]2O)cc1. The third-order valence-electron chi connectivity index (χ3n) is 4.51. The Kier molecular flexibility index (Phi) is 4.82. The molecule has 1 aliphatic heterocycles. The van der Waals surface area contributed by atoms with Crippen LogP contribution < -0.4 is 11.4 Å². The van der Waals surface area contributed by atoms with E-state index in [1.54, 1.807) is 6.92 Å². The van der Waals surface area contributed by atoms with Crippen LogP contribution in [0.15, 0.2) is 46.2 Å². The quantitative estimate of drug-likeness (QED) is 0.483. The highest BCUT2D eigenvalue weighted by Gasteiger charge is 2.64. The van der Waals surface area contributed by atoms with Gasteiger partial charge in [0, 0.05) is 6.20 Å². The molecule has 0 spiro atoms. The number of aromatic nitrogens is 2. The van der Waals surface area contributed by atoms with Gasteiger partial charge >= 0.3 is 5.69 Å². The van der Waals surface area contributed by atoms with Crippen LogP contribution in [0.2, 0.25) is 0 Å². The number of hydrogen-bond acceptors (Lipinski definition) is 9. The van der Waals surface area contributed by atoms with Crippen LogP contribution >= 0.6 is 0 Å². The monoisotopic (exact) mass is 397 g/mol. The maximum Gasteiger partial charge on any atom is 0.351 e. The van der Waals surface area contributed by atoms with Crippen LogP contribution in [0.3, 0.4) is 0 Å². The highest BCUT2D eigenvalue weighted by atomic mass is 32.2. The molecule has 3 rings (SSSR count). The number of nitrogens with zero attached hydrogens (tertiary/aromatic N) is 2. The summed E-state index contributed by atoms with van der Waals surface area (Å²) in [7, 11) is -4.57. The summed E-state index contributed by atoms with van der Waals surface area (Å²) in [5.41, 5.74) is 5.29. The molecule has 0 radical (unpaired) electrons. The lowest BCUT2D eigenvalue weighted by Gasteiger charge is -2.29. The molecule has 0 aliphatic carbocycles. The van der Waals surface area contributed by atoms with Crippen molar-refractivity contribution < 1.29 is 28.5 Å². The van der Waals surface area contributed by atoms with Crippen molar-refractivity contribution >= 4 is 15.7 Å². The van der Waals surface area contributed by atoms with Crippen LogP contribution in [-0.4, -0.2) is 57.0 Å². The summed E-state index contributed by atoms with van der Waals surface area (Å²) in [4.78, 5) is 12.4. The van der Waals surface area contributed by atoms with E-state index in [9.17, 15) is 28.5 Å². The van der Waals surface area contributed by atoms with Gasteiger partial charge < -0.3 is 25.8 Å². The summed E-state index contributed by atoms with van der Waals surface area (Å²) in [6.45, 7) is 0.845. The lowest BCUT2D eigenvalue weighted by atomic mass is 10.1. The van der Waals surface area contributed by atoms with Gasteiger partial charge in [-0.1, -0.05) is 17.7 Å². The average molecular weight is 397 g/mol. The van der Waals surface area contributed by atoms with Crippen LogP contribution in [0.4, 0.5) is 5.82 Å². The van der Waals surface area contributed by atoms with Gasteiger partial charge in [0.2, 0.25) is 14.8 Å². The van der Waals surface area contributed by atoms with Crippen molar-refractivity contribution in [2.24, 2.45) is 0 Å². The van der Waals surface area contributed by atoms with Gasteiger partial charge in [-0.15, -0.1) is 0 Å². The van der Waals surface area contributed by atoms with Gasteiger partial charge in [-0.05, 0) is 25.1 Å². The molecule has 2 heterocycles. The van der Waals surface area contributed by atoms with Crippen LogP contribution in [-0.2, 0) is 14.6 Å². The van der Waals surface area contributed by atoms with E-state index in [4.69, 9.17) is 10.5 Å². The van der Waals surface area contributed by atoms with E-state index < -0.39 is 45.5 Å². The van der Waals surface area contributed by atoms with E-state index in [0.29, 0.717) is 0 Å². The lowest BCUT2D eigenvalue weighted by Crippen LogP contribution is -2.55. The molecule has 1 fully saturated rings. The Morgan fingerprint density at radius 3 is 2.48 bits per heavy atom. The second-order valence-corrected chi connectivity index (χ2v) is 8.39. The van der Waals surface area contributed by atoms with Gasteiger partial charge in [0.15, 0.2) is 6.23 Å². The fraction of sp³-hybridized carbons (Fsp3) is 0.375.